The first kappa shape index (κ1) is 23.4. The predicted octanol–water partition coefficient (Wildman–Crippen LogP) is 1.62. The Morgan fingerprint density at radius 2 is 2.03 bits per heavy atom. The second-order valence-electron chi connectivity index (χ2n) is 9.44. The number of aromatic nitrogens is 3. The number of ether oxygens (including phenoxy) is 2. The van der Waals surface area contributed by atoms with E-state index >= 15 is 0 Å². The van der Waals surface area contributed by atoms with Gasteiger partial charge in [0, 0.05) is 44.7 Å². The van der Waals surface area contributed by atoms with Crippen molar-refractivity contribution in [3.05, 3.63) is 11.6 Å². The quantitative estimate of drug-likeness (QED) is 0.338. The lowest BCUT2D eigenvalue weighted by molar-refractivity contribution is -0.125. The van der Waals surface area contributed by atoms with Crippen LogP contribution in [-0.2, 0) is 23.1 Å². The summed E-state index contributed by atoms with van der Waals surface area (Å²) in [6.07, 6.45) is 7.65. The van der Waals surface area contributed by atoms with Crippen molar-refractivity contribution in [3.63, 3.8) is 0 Å². The molecule has 3 aliphatic rings. The average molecular weight is 448 g/mol. The number of morpholine rings is 1. The number of guanidine groups is 1. The van der Waals surface area contributed by atoms with E-state index in [0.29, 0.717) is 18.7 Å². The van der Waals surface area contributed by atoms with Crippen LogP contribution < -0.4 is 10.6 Å². The minimum atomic E-state index is 0.271. The smallest absolute Gasteiger partial charge is 0.191 e. The SMILES string of the molecule is CCOC1CC(NC(=NCc2nnc(C)n2C)NCCCN2CCOCC2)C12CCCC2. The van der Waals surface area contributed by atoms with E-state index in [9.17, 15) is 0 Å². The Kier molecular flexibility index (Phi) is 8.02. The summed E-state index contributed by atoms with van der Waals surface area (Å²) in [6, 6.07) is 0.424. The lowest BCUT2D eigenvalue weighted by Crippen LogP contribution is -2.65. The van der Waals surface area contributed by atoms with Crippen LogP contribution >= 0.6 is 0 Å². The molecule has 2 atom stereocenters. The number of nitrogens with one attached hydrogen (secondary N) is 2. The Labute approximate surface area is 192 Å². The van der Waals surface area contributed by atoms with Gasteiger partial charge in [-0.05, 0) is 46.1 Å². The molecule has 2 heterocycles. The van der Waals surface area contributed by atoms with Gasteiger partial charge in [-0.3, -0.25) is 4.90 Å². The fraction of sp³-hybridized carbons (Fsp3) is 0.870. The number of rotatable bonds is 9. The molecule has 0 bridgehead atoms. The van der Waals surface area contributed by atoms with Gasteiger partial charge in [-0.1, -0.05) is 12.8 Å². The zero-order valence-corrected chi connectivity index (χ0v) is 20.1. The molecule has 2 unspecified atom stereocenters. The summed E-state index contributed by atoms with van der Waals surface area (Å²) in [5, 5.41) is 15.8. The van der Waals surface area contributed by atoms with Crippen molar-refractivity contribution < 1.29 is 9.47 Å². The Balaban J connectivity index is 1.36. The number of hydrogen-bond acceptors (Lipinski definition) is 6. The van der Waals surface area contributed by atoms with E-state index in [1.54, 1.807) is 0 Å². The summed E-state index contributed by atoms with van der Waals surface area (Å²) >= 11 is 0. The third-order valence-electron chi connectivity index (χ3n) is 7.61. The first-order valence-electron chi connectivity index (χ1n) is 12.4. The average Bonchev–Trinajstić information content (AvgIpc) is 3.44. The molecule has 0 radical (unpaired) electrons. The minimum Gasteiger partial charge on any atom is -0.379 e. The zero-order chi connectivity index (χ0) is 22.4. The maximum Gasteiger partial charge on any atom is 0.191 e. The monoisotopic (exact) mass is 447 g/mol. The van der Waals surface area contributed by atoms with Gasteiger partial charge in [-0.25, -0.2) is 4.99 Å². The second kappa shape index (κ2) is 10.9. The summed E-state index contributed by atoms with van der Waals surface area (Å²) in [4.78, 5) is 7.37. The summed E-state index contributed by atoms with van der Waals surface area (Å²) in [5.74, 6) is 2.68. The third kappa shape index (κ3) is 5.26. The van der Waals surface area contributed by atoms with Crippen LogP contribution in [0.3, 0.4) is 0 Å². The van der Waals surface area contributed by atoms with E-state index in [1.807, 2.05) is 18.5 Å². The molecular weight excluding hydrogens is 406 g/mol. The maximum atomic E-state index is 6.10. The predicted molar refractivity (Wildman–Crippen MR) is 125 cm³/mol. The molecule has 4 rings (SSSR count). The summed E-state index contributed by atoms with van der Waals surface area (Å²) in [6.45, 7) is 11.2. The number of nitrogens with zero attached hydrogens (tertiary/aromatic N) is 5. The van der Waals surface area contributed by atoms with Crippen molar-refractivity contribution in [1.82, 2.24) is 30.3 Å². The van der Waals surface area contributed by atoms with Gasteiger partial charge >= 0.3 is 0 Å². The maximum absolute atomic E-state index is 6.10. The molecule has 2 aliphatic carbocycles. The van der Waals surface area contributed by atoms with Crippen LogP contribution in [-0.4, -0.2) is 83.8 Å². The molecule has 1 spiro atoms. The molecule has 9 heteroatoms. The molecule has 180 valence electrons. The number of hydrogen-bond donors (Lipinski definition) is 2. The van der Waals surface area contributed by atoms with Crippen LogP contribution in [0.4, 0.5) is 0 Å². The summed E-state index contributed by atoms with van der Waals surface area (Å²) in [7, 11) is 2.00. The first-order valence-corrected chi connectivity index (χ1v) is 12.4. The largest absolute Gasteiger partial charge is 0.379 e. The molecular formula is C23H41N7O2. The van der Waals surface area contributed by atoms with E-state index in [2.05, 4.69) is 32.7 Å². The zero-order valence-electron chi connectivity index (χ0n) is 20.1. The van der Waals surface area contributed by atoms with Crippen molar-refractivity contribution in [2.24, 2.45) is 17.5 Å². The molecule has 1 saturated heterocycles. The van der Waals surface area contributed by atoms with Gasteiger partial charge < -0.3 is 24.7 Å². The van der Waals surface area contributed by atoms with Gasteiger partial charge in [0.25, 0.3) is 0 Å². The van der Waals surface area contributed by atoms with Crippen LogP contribution in [0.1, 0.15) is 57.1 Å². The Bertz CT molecular complexity index is 754. The van der Waals surface area contributed by atoms with Gasteiger partial charge in [-0.2, -0.15) is 0 Å². The minimum absolute atomic E-state index is 0.271. The van der Waals surface area contributed by atoms with E-state index in [1.165, 1.54) is 25.7 Å². The summed E-state index contributed by atoms with van der Waals surface area (Å²) in [5.41, 5.74) is 0.271. The van der Waals surface area contributed by atoms with Gasteiger partial charge in [0.15, 0.2) is 11.8 Å². The highest BCUT2D eigenvalue weighted by atomic mass is 16.5. The highest BCUT2D eigenvalue weighted by Crippen LogP contribution is 2.54. The Morgan fingerprint density at radius 3 is 2.72 bits per heavy atom. The molecule has 32 heavy (non-hydrogen) atoms. The molecule has 0 amide bonds. The molecule has 9 nitrogen and oxygen atoms in total. The molecule has 0 aromatic carbocycles. The molecule has 2 saturated carbocycles. The molecule has 2 N–H and O–H groups in total. The molecule has 3 fully saturated rings. The number of aryl methyl sites for hydroxylation is 1. The van der Waals surface area contributed by atoms with Crippen molar-refractivity contribution in [2.75, 3.05) is 46.0 Å². The topological polar surface area (TPSA) is 88.8 Å². The van der Waals surface area contributed by atoms with E-state index in [0.717, 1.165) is 76.4 Å². The van der Waals surface area contributed by atoms with Crippen molar-refractivity contribution in [1.29, 1.82) is 0 Å². The van der Waals surface area contributed by atoms with Gasteiger partial charge in [0.05, 0.1) is 19.3 Å². The Morgan fingerprint density at radius 1 is 1.25 bits per heavy atom. The van der Waals surface area contributed by atoms with Crippen LogP contribution in [0.15, 0.2) is 4.99 Å². The first-order chi connectivity index (χ1) is 15.6. The van der Waals surface area contributed by atoms with Gasteiger partial charge in [0.2, 0.25) is 0 Å². The van der Waals surface area contributed by atoms with E-state index in [4.69, 9.17) is 14.5 Å². The molecule has 1 aromatic heterocycles. The van der Waals surface area contributed by atoms with Gasteiger partial charge in [-0.15, -0.1) is 10.2 Å². The normalized spacial score (nSPS) is 25.8. The van der Waals surface area contributed by atoms with Crippen molar-refractivity contribution >= 4 is 5.96 Å². The number of aliphatic imine (C=N–C) groups is 1. The van der Waals surface area contributed by atoms with Crippen LogP contribution in [0.2, 0.25) is 0 Å². The van der Waals surface area contributed by atoms with Crippen LogP contribution in [0.5, 0.6) is 0 Å². The highest BCUT2D eigenvalue weighted by Gasteiger charge is 2.56. The van der Waals surface area contributed by atoms with Crippen LogP contribution in [0, 0.1) is 12.3 Å². The standard InChI is InChI=1S/C23H41N7O2/c1-4-32-20-16-19(23(20)8-5-6-9-23)26-22(25-17-21-28-27-18(2)29(21)3)24-10-7-11-30-12-14-31-15-13-30/h19-20H,4-17H2,1-3H3,(H2,24,25,26). The van der Waals surface area contributed by atoms with Crippen LogP contribution in [0.25, 0.3) is 0 Å². The fourth-order valence-electron chi connectivity index (χ4n) is 5.48. The highest BCUT2D eigenvalue weighted by molar-refractivity contribution is 5.80. The van der Waals surface area contributed by atoms with Gasteiger partial charge in [0.1, 0.15) is 12.4 Å². The lowest BCUT2D eigenvalue weighted by Gasteiger charge is -2.54. The Hall–Kier alpha value is -1.71. The third-order valence-corrected chi connectivity index (χ3v) is 7.61. The van der Waals surface area contributed by atoms with E-state index in [-0.39, 0.29) is 5.41 Å². The van der Waals surface area contributed by atoms with E-state index < -0.39 is 0 Å². The van der Waals surface area contributed by atoms with Crippen molar-refractivity contribution in [3.8, 4) is 0 Å². The second-order valence-corrected chi connectivity index (χ2v) is 9.44. The molecule has 1 aromatic rings. The fourth-order valence-corrected chi connectivity index (χ4v) is 5.48. The molecule has 1 aliphatic heterocycles. The lowest BCUT2D eigenvalue weighted by atomic mass is 9.60. The summed E-state index contributed by atoms with van der Waals surface area (Å²) < 4.78 is 13.6. The van der Waals surface area contributed by atoms with Crippen molar-refractivity contribution in [2.45, 2.75) is 71.1 Å².